The number of rotatable bonds is 5. The van der Waals surface area contributed by atoms with E-state index in [1.54, 1.807) is 0 Å². The number of alkyl halides is 1. The Labute approximate surface area is 158 Å². The second-order valence-corrected chi connectivity index (χ2v) is 6.72. The lowest BCUT2D eigenvalue weighted by atomic mass is 10.0. The van der Waals surface area contributed by atoms with Crippen LogP contribution in [-0.2, 0) is 6.54 Å². The highest BCUT2D eigenvalue weighted by atomic mass is 35.5. The first-order chi connectivity index (χ1) is 12.8. The minimum Gasteiger partial charge on any atom is -0.328 e. The van der Waals surface area contributed by atoms with Crippen molar-refractivity contribution in [2.24, 2.45) is 0 Å². The van der Waals surface area contributed by atoms with Crippen LogP contribution in [0.15, 0.2) is 97.5 Å². The molecule has 3 aromatic carbocycles. The zero-order valence-corrected chi connectivity index (χ0v) is 15.1. The first kappa shape index (κ1) is 16.6. The average molecular weight is 359 g/mol. The zero-order chi connectivity index (χ0) is 17.8. The molecule has 128 valence electrons. The molecule has 0 saturated heterocycles. The quantitative estimate of drug-likeness (QED) is 0.404. The summed E-state index contributed by atoms with van der Waals surface area (Å²) in [7, 11) is 0. The van der Waals surface area contributed by atoms with Crippen LogP contribution in [0.3, 0.4) is 0 Å². The van der Waals surface area contributed by atoms with Gasteiger partial charge in [0.25, 0.3) is 0 Å². The van der Waals surface area contributed by atoms with Gasteiger partial charge in [0, 0.05) is 12.7 Å². The number of imidazole rings is 1. The van der Waals surface area contributed by atoms with Crippen LogP contribution in [0.5, 0.6) is 0 Å². The molecule has 1 heterocycles. The van der Waals surface area contributed by atoms with Crippen LogP contribution in [0.1, 0.15) is 22.2 Å². The Balaban J connectivity index is 1.54. The topological polar surface area (TPSA) is 17.8 Å². The largest absolute Gasteiger partial charge is 0.328 e. The number of nitrogens with zero attached hydrogens (tertiary/aromatic N) is 2. The molecule has 1 atom stereocenters. The Morgan fingerprint density at radius 2 is 1.38 bits per heavy atom. The molecule has 0 saturated carbocycles. The van der Waals surface area contributed by atoms with Crippen LogP contribution in [0.4, 0.5) is 0 Å². The van der Waals surface area contributed by atoms with Gasteiger partial charge in [0.1, 0.15) is 5.38 Å². The molecule has 4 aromatic rings. The maximum Gasteiger partial charge on any atom is 0.100 e. The number of hydrogen-bond acceptors (Lipinski definition) is 1. The van der Waals surface area contributed by atoms with Crippen molar-refractivity contribution in [3.05, 3.63) is 114 Å². The fourth-order valence-corrected chi connectivity index (χ4v) is 3.42. The highest BCUT2D eigenvalue weighted by Gasteiger charge is 2.15. The monoisotopic (exact) mass is 358 g/mol. The van der Waals surface area contributed by atoms with Gasteiger partial charge in [-0.3, -0.25) is 0 Å². The number of benzene rings is 3. The molecule has 0 bridgehead atoms. The van der Waals surface area contributed by atoms with Gasteiger partial charge < -0.3 is 4.57 Å². The number of hydrogen-bond donors (Lipinski definition) is 0. The third kappa shape index (κ3) is 3.56. The second-order valence-electron chi connectivity index (χ2n) is 6.28. The molecule has 0 aliphatic carbocycles. The smallest absolute Gasteiger partial charge is 0.100 e. The van der Waals surface area contributed by atoms with Crippen LogP contribution in [0.2, 0.25) is 0 Å². The molecule has 3 heteroatoms. The molecular formula is C23H19ClN2. The fraction of sp³-hybridized carbons (Fsp3) is 0.0870. The van der Waals surface area contributed by atoms with Crippen molar-refractivity contribution >= 4 is 11.6 Å². The minimum absolute atomic E-state index is 0.206. The van der Waals surface area contributed by atoms with Crippen molar-refractivity contribution in [2.45, 2.75) is 11.9 Å². The molecule has 26 heavy (non-hydrogen) atoms. The van der Waals surface area contributed by atoms with E-state index >= 15 is 0 Å². The molecule has 0 aliphatic heterocycles. The Kier molecular flexibility index (Phi) is 4.85. The van der Waals surface area contributed by atoms with Crippen LogP contribution in [-0.4, -0.2) is 9.55 Å². The highest BCUT2D eigenvalue weighted by Crippen LogP contribution is 2.29. The van der Waals surface area contributed by atoms with E-state index in [-0.39, 0.29) is 5.38 Å². The zero-order valence-electron chi connectivity index (χ0n) is 14.3. The third-order valence-corrected chi connectivity index (χ3v) is 4.99. The van der Waals surface area contributed by atoms with Crippen molar-refractivity contribution in [1.29, 1.82) is 0 Å². The van der Waals surface area contributed by atoms with Crippen molar-refractivity contribution < 1.29 is 0 Å². The Morgan fingerprint density at radius 1 is 0.769 bits per heavy atom. The summed E-state index contributed by atoms with van der Waals surface area (Å²) in [6.07, 6.45) is 3.70. The minimum atomic E-state index is -0.206. The predicted molar refractivity (Wildman–Crippen MR) is 107 cm³/mol. The van der Waals surface area contributed by atoms with E-state index < -0.39 is 0 Å². The molecular weight excluding hydrogens is 340 g/mol. The van der Waals surface area contributed by atoms with Gasteiger partial charge in [0.15, 0.2) is 0 Å². The Bertz CT molecular complexity index is 960. The maximum absolute atomic E-state index is 6.69. The molecule has 4 rings (SSSR count). The first-order valence-electron chi connectivity index (χ1n) is 8.64. The van der Waals surface area contributed by atoms with Gasteiger partial charge in [0.2, 0.25) is 0 Å². The summed E-state index contributed by atoms with van der Waals surface area (Å²) in [5.74, 6) is 0. The standard InChI is InChI=1S/C23H19ClN2/c24-23(21-9-5-2-6-10-21)22-15-25-17-26(22)16-18-11-13-20(14-12-18)19-7-3-1-4-8-19/h1-15,17,23H,16H2. The number of halogens is 1. The van der Waals surface area contributed by atoms with Crippen LogP contribution >= 0.6 is 11.6 Å². The van der Waals surface area contributed by atoms with Crippen molar-refractivity contribution in [3.8, 4) is 11.1 Å². The summed E-state index contributed by atoms with van der Waals surface area (Å²) in [5.41, 5.74) is 5.76. The molecule has 0 radical (unpaired) electrons. The van der Waals surface area contributed by atoms with Gasteiger partial charge in [-0.2, -0.15) is 0 Å². The van der Waals surface area contributed by atoms with Gasteiger partial charge in [-0.05, 0) is 22.3 Å². The predicted octanol–water partition coefficient (Wildman–Crippen LogP) is 5.93. The van der Waals surface area contributed by atoms with E-state index in [1.165, 1.54) is 16.7 Å². The lowest BCUT2D eigenvalue weighted by molar-refractivity contribution is 0.747. The summed E-state index contributed by atoms with van der Waals surface area (Å²) in [6.45, 7) is 0.750. The fourth-order valence-electron chi connectivity index (χ4n) is 3.10. The van der Waals surface area contributed by atoms with E-state index in [0.29, 0.717) is 0 Å². The number of aromatic nitrogens is 2. The normalized spacial score (nSPS) is 12.0. The van der Waals surface area contributed by atoms with Crippen LogP contribution in [0.25, 0.3) is 11.1 Å². The molecule has 0 spiro atoms. The molecule has 0 N–H and O–H groups in total. The summed E-state index contributed by atoms with van der Waals surface area (Å²) in [6, 6.07) is 29.2. The third-order valence-electron chi connectivity index (χ3n) is 4.51. The van der Waals surface area contributed by atoms with Gasteiger partial charge in [-0.15, -0.1) is 11.6 Å². The van der Waals surface area contributed by atoms with E-state index in [4.69, 9.17) is 11.6 Å². The summed E-state index contributed by atoms with van der Waals surface area (Å²) in [4.78, 5) is 4.31. The van der Waals surface area contributed by atoms with Crippen LogP contribution in [0, 0.1) is 0 Å². The summed E-state index contributed by atoms with van der Waals surface area (Å²) < 4.78 is 2.11. The van der Waals surface area contributed by atoms with Crippen molar-refractivity contribution in [3.63, 3.8) is 0 Å². The van der Waals surface area contributed by atoms with Crippen LogP contribution < -0.4 is 0 Å². The lowest BCUT2D eigenvalue weighted by Crippen LogP contribution is -2.06. The SMILES string of the molecule is ClC(c1ccccc1)c1cncn1Cc1ccc(-c2ccccc2)cc1. The molecule has 1 unspecified atom stereocenters. The molecule has 0 amide bonds. The molecule has 0 aliphatic rings. The second kappa shape index (κ2) is 7.59. The maximum atomic E-state index is 6.69. The van der Waals surface area contributed by atoms with Crippen molar-refractivity contribution in [2.75, 3.05) is 0 Å². The Hall–Kier alpha value is -2.84. The van der Waals surface area contributed by atoms with E-state index in [9.17, 15) is 0 Å². The molecule has 1 aromatic heterocycles. The van der Waals surface area contributed by atoms with Crippen molar-refractivity contribution in [1.82, 2.24) is 9.55 Å². The van der Waals surface area contributed by atoms with E-state index in [1.807, 2.05) is 48.9 Å². The van der Waals surface area contributed by atoms with Gasteiger partial charge in [-0.1, -0.05) is 84.9 Å². The van der Waals surface area contributed by atoms with Gasteiger partial charge in [0.05, 0.1) is 12.0 Å². The van der Waals surface area contributed by atoms with E-state index in [2.05, 4.69) is 58.1 Å². The van der Waals surface area contributed by atoms with Gasteiger partial charge >= 0.3 is 0 Å². The summed E-state index contributed by atoms with van der Waals surface area (Å²) in [5, 5.41) is -0.206. The first-order valence-corrected chi connectivity index (χ1v) is 9.08. The Morgan fingerprint density at radius 3 is 2.08 bits per heavy atom. The highest BCUT2D eigenvalue weighted by molar-refractivity contribution is 6.22. The molecule has 2 nitrogen and oxygen atoms in total. The van der Waals surface area contributed by atoms with E-state index in [0.717, 1.165) is 17.8 Å². The average Bonchev–Trinajstić information content (AvgIpc) is 3.17. The lowest BCUT2D eigenvalue weighted by Gasteiger charge is -2.14. The van der Waals surface area contributed by atoms with Gasteiger partial charge in [-0.25, -0.2) is 4.98 Å². The molecule has 0 fully saturated rings. The summed E-state index contributed by atoms with van der Waals surface area (Å²) >= 11 is 6.69.